The van der Waals surface area contributed by atoms with Crippen molar-refractivity contribution in [2.45, 2.75) is 38.3 Å². The van der Waals surface area contributed by atoms with E-state index in [-0.39, 0.29) is 12.1 Å². The maximum atomic E-state index is 11.5. The molecule has 7 nitrogen and oxygen atoms in total. The van der Waals surface area contributed by atoms with Crippen molar-refractivity contribution in [2.75, 3.05) is 22.4 Å². The number of aromatic nitrogens is 2. The van der Waals surface area contributed by atoms with Gasteiger partial charge in [0.15, 0.2) is 0 Å². The lowest BCUT2D eigenvalue weighted by atomic mass is 10.0. The molecule has 2 heterocycles. The van der Waals surface area contributed by atoms with E-state index in [0.717, 1.165) is 48.0 Å². The first-order valence-electron chi connectivity index (χ1n) is 8.74. The van der Waals surface area contributed by atoms with E-state index < -0.39 is 10.0 Å². The highest BCUT2D eigenvalue weighted by Gasteiger charge is 2.36. The van der Waals surface area contributed by atoms with Crippen LogP contribution in [0.5, 0.6) is 0 Å². The molecule has 2 aromatic rings. The fourth-order valence-corrected chi connectivity index (χ4v) is 4.14. The number of nitrogens with one attached hydrogen (secondary N) is 1. The maximum Gasteiger partial charge on any atom is 0.229 e. The minimum atomic E-state index is -3.34. The lowest BCUT2D eigenvalue weighted by molar-refractivity contribution is 0.0979. The summed E-state index contributed by atoms with van der Waals surface area (Å²) < 4.78 is 25.6. The van der Waals surface area contributed by atoms with Gasteiger partial charge in [-0.25, -0.2) is 18.4 Å². The van der Waals surface area contributed by atoms with Crippen molar-refractivity contribution < 1.29 is 13.5 Å². The highest BCUT2D eigenvalue weighted by atomic mass is 32.2. The number of hydrogen-bond acceptors (Lipinski definition) is 6. The van der Waals surface area contributed by atoms with Crippen LogP contribution in [-0.2, 0) is 22.9 Å². The normalized spacial score (nSPS) is 22.0. The molecule has 1 aliphatic carbocycles. The van der Waals surface area contributed by atoms with Gasteiger partial charge < -0.3 is 10.0 Å². The monoisotopic (exact) mass is 374 g/mol. The number of anilines is 2. The average molecular weight is 374 g/mol. The second-order valence-electron chi connectivity index (χ2n) is 7.07. The molecule has 1 saturated heterocycles. The van der Waals surface area contributed by atoms with Crippen molar-refractivity contribution in [1.82, 2.24) is 9.97 Å². The summed E-state index contributed by atoms with van der Waals surface area (Å²) in [4.78, 5) is 11.5. The van der Waals surface area contributed by atoms with Crippen molar-refractivity contribution >= 4 is 21.7 Å². The van der Waals surface area contributed by atoms with Gasteiger partial charge in [0.1, 0.15) is 0 Å². The van der Waals surface area contributed by atoms with Gasteiger partial charge in [0.25, 0.3) is 0 Å². The molecule has 26 heavy (non-hydrogen) atoms. The molecular formula is C18H22N4O3S. The van der Waals surface area contributed by atoms with Crippen LogP contribution in [0, 0.1) is 0 Å². The minimum Gasteiger partial charge on any atom is -0.389 e. The minimum absolute atomic E-state index is 0.000499. The number of sulfonamides is 1. The van der Waals surface area contributed by atoms with E-state index in [1.165, 1.54) is 0 Å². The summed E-state index contributed by atoms with van der Waals surface area (Å²) in [7, 11) is -3.34. The standard InChI is InChI=1S/C18H22N4O3S/c1-11-16(23)10-22(11)18-19-15-8-4-7-14(15)17(20-18)12-5-3-6-13(9-12)21-26(2,24)25/h3,5-6,9,11,16,21,23H,4,7-8,10H2,1-2H3/t11-,16+/m0/s1. The Balaban J connectivity index is 1.77. The van der Waals surface area contributed by atoms with Crippen LogP contribution in [0.3, 0.4) is 0 Å². The quantitative estimate of drug-likeness (QED) is 0.844. The largest absolute Gasteiger partial charge is 0.389 e. The Kier molecular flexibility index (Phi) is 4.11. The van der Waals surface area contributed by atoms with Gasteiger partial charge in [0.2, 0.25) is 16.0 Å². The second-order valence-corrected chi connectivity index (χ2v) is 8.81. The van der Waals surface area contributed by atoms with Crippen LogP contribution in [0.1, 0.15) is 24.6 Å². The first-order chi connectivity index (χ1) is 12.3. The van der Waals surface area contributed by atoms with Crippen LogP contribution in [0.25, 0.3) is 11.3 Å². The number of aliphatic hydroxyl groups is 1. The summed E-state index contributed by atoms with van der Waals surface area (Å²) >= 11 is 0. The smallest absolute Gasteiger partial charge is 0.229 e. The summed E-state index contributed by atoms with van der Waals surface area (Å²) in [5, 5.41) is 9.81. The van der Waals surface area contributed by atoms with E-state index in [1.54, 1.807) is 12.1 Å². The van der Waals surface area contributed by atoms with Crippen molar-refractivity contribution in [1.29, 1.82) is 0 Å². The Morgan fingerprint density at radius 2 is 2.08 bits per heavy atom. The van der Waals surface area contributed by atoms with E-state index >= 15 is 0 Å². The predicted molar refractivity (Wildman–Crippen MR) is 101 cm³/mol. The molecule has 138 valence electrons. The van der Waals surface area contributed by atoms with Crippen LogP contribution in [0.15, 0.2) is 24.3 Å². The van der Waals surface area contributed by atoms with Gasteiger partial charge in [-0.3, -0.25) is 4.72 Å². The van der Waals surface area contributed by atoms with Crippen LogP contribution in [-0.4, -0.2) is 48.4 Å². The average Bonchev–Trinajstić information content (AvgIpc) is 3.05. The lowest BCUT2D eigenvalue weighted by Crippen LogP contribution is -2.59. The van der Waals surface area contributed by atoms with Crippen molar-refractivity contribution in [3.05, 3.63) is 35.5 Å². The molecule has 4 rings (SSSR count). The van der Waals surface area contributed by atoms with E-state index in [1.807, 2.05) is 24.0 Å². The molecule has 0 saturated carbocycles. The number of hydrogen-bond donors (Lipinski definition) is 2. The van der Waals surface area contributed by atoms with E-state index in [4.69, 9.17) is 9.97 Å². The molecular weight excluding hydrogens is 352 g/mol. The molecule has 0 unspecified atom stereocenters. The summed E-state index contributed by atoms with van der Waals surface area (Å²) in [6.45, 7) is 2.50. The predicted octanol–water partition coefficient (Wildman–Crippen LogP) is 1.57. The zero-order valence-corrected chi connectivity index (χ0v) is 15.6. The Morgan fingerprint density at radius 3 is 2.77 bits per heavy atom. The number of fused-ring (bicyclic) bond motifs is 1. The zero-order valence-electron chi connectivity index (χ0n) is 14.8. The molecule has 0 bridgehead atoms. The summed E-state index contributed by atoms with van der Waals surface area (Å²) in [6.07, 6.45) is 3.67. The maximum absolute atomic E-state index is 11.5. The van der Waals surface area contributed by atoms with E-state index in [2.05, 4.69) is 4.72 Å². The van der Waals surface area contributed by atoms with Gasteiger partial charge in [0, 0.05) is 29.1 Å². The Bertz CT molecular complexity index is 961. The van der Waals surface area contributed by atoms with Gasteiger partial charge in [-0.2, -0.15) is 0 Å². The van der Waals surface area contributed by atoms with Crippen molar-refractivity contribution in [3.63, 3.8) is 0 Å². The molecule has 2 atom stereocenters. The molecule has 2 N–H and O–H groups in total. The first kappa shape index (κ1) is 17.2. The van der Waals surface area contributed by atoms with Crippen LogP contribution in [0.4, 0.5) is 11.6 Å². The SMILES string of the molecule is C[C@H]1[C@H](O)CN1c1nc2c(c(-c3cccc(NS(C)(=O)=O)c3)n1)CCC2. The molecule has 0 amide bonds. The van der Waals surface area contributed by atoms with Crippen molar-refractivity contribution in [3.8, 4) is 11.3 Å². The molecule has 2 aliphatic rings. The Hall–Kier alpha value is -2.19. The summed E-state index contributed by atoms with van der Waals surface area (Å²) in [5.41, 5.74) is 4.44. The highest BCUT2D eigenvalue weighted by molar-refractivity contribution is 7.92. The molecule has 1 fully saturated rings. The summed E-state index contributed by atoms with van der Waals surface area (Å²) in [5.74, 6) is 0.639. The first-order valence-corrected chi connectivity index (χ1v) is 10.6. The lowest BCUT2D eigenvalue weighted by Gasteiger charge is -2.43. The third-order valence-electron chi connectivity index (χ3n) is 5.05. The number of β-amino-alcohol motifs (C(OH)–C–C–N with tert-alkyl or cyclic N) is 1. The highest BCUT2D eigenvalue weighted by Crippen LogP contribution is 2.34. The third kappa shape index (κ3) is 3.14. The molecule has 1 aliphatic heterocycles. The van der Waals surface area contributed by atoms with Crippen molar-refractivity contribution in [2.24, 2.45) is 0 Å². The molecule has 0 spiro atoms. The third-order valence-corrected chi connectivity index (χ3v) is 5.66. The van der Waals surface area contributed by atoms with Gasteiger partial charge in [-0.05, 0) is 38.3 Å². The fourth-order valence-electron chi connectivity index (χ4n) is 3.58. The molecule has 1 aromatic heterocycles. The Labute approximate surface area is 153 Å². The number of nitrogens with zero attached hydrogens (tertiary/aromatic N) is 3. The van der Waals surface area contributed by atoms with E-state index in [0.29, 0.717) is 18.2 Å². The number of aliphatic hydroxyl groups excluding tert-OH is 1. The van der Waals surface area contributed by atoms with Crippen LogP contribution >= 0.6 is 0 Å². The fraction of sp³-hybridized carbons (Fsp3) is 0.444. The number of benzene rings is 1. The zero-order chi connectivity index (χ0) is 18.5. The van der Waals surface area contributed by atoms with Gasteiger partial charge in [-0.1, -0.05) is 12.1 Å². The molecule has 1 aromatic carbocycles. The second kappa shape index (κ2) is 6.21. The van der Waals surface area contributed by atoms with Crippen LogP contribution < -0.4 is 9.62 Å². The number of rotatable bonds is 4. The topological polar surface area (TPSA) is 95.4 Å². The van der Waals surface area contributed by atoms with Gasteiger partial charge >= 0.3 is 0 Å². The van der Waals surface area contributed by atoms with E-state index in [9.17, 15) is 13.5 Å². The van der Waals surface area contributed by atoms with Gasteiger partial charge in [-0.15, -0.1) is 0 Å². The summed E-state index contributed by atoms with van der Waals surface area (Å²) in [6, 6.07) is 7.29. The van der Waals surface area contributed by atoms with Crippen LogP contribution in [0.2, 0.25) is 0 Å². The Morgan fingerprint density at radius 1 is 1.27 bits per heavy atom. The number of aryl methyl sites for hydroxylation is 1. The molecule has 0 radical (unpaired) electrons. The van der Waals surface area contributed by atoms with Gasteiger partial charge in [0.05, 0.1) is 24.1 Å². The molecule has 8 heteroatoms.